The zero-order valence-corrected chi connectivity index (χ0v) is 7.40. The lowest BCUT2D eigenvalue weighted by Crippen LogP contribution is -1.91. The van der Waals surface area contributed by atoms with Gasteiger partial charge >= 0.3 is 5.97 Å². The molecule has 0 aromatic carbocycles. The summed E-state index contributed by atoms with van der Waals surface area (Å²) < 4.78 is 0. The number of carboxylic acid groups (broad SMARTS) is 1. The van der Waals surface area contributed by atoms with Gasteiger partial charge in [0.25, 0.3) is 0 Å². The first-order valence-electron chi connectivity index (χ1n) is 3.99. The third-order valence-electron chi connectivity index (χ3n) is 1.46. The average molecular weight is 191 g/mol. The van der Waals surface area contributed by atoms with Gasteiger partial charge in [-0.1, -0.05) is 12.0 Å². The molecular formula is C10H9NO3. The fraction of sp³-hybridized carbons (Fsp3) is 0.200. The largest absolute Gasteiger partial charge is 0.481 e. The molecule has 72 valence electrons. The van der Waals surface area contributed by atoms with E-state index in [9.17, 15) is 4.79 Å². The van der Waals surface area contributed by atoms with Crippen molar-refractivity contribution in [1.29, 1.82) is 0 Å². The Morgan fingerprint density at radius 2 is 2.29 bits per heavy atom. The Morgan fingerprint density at radius 1 is 1.50 bits per heavy atom. The first-order valence-corrected chi connectivity index (χ1v) is 3.99. The van der Waals surface area contributed by atoms with Crippen LogP contribution >= 0.6 is 0 Å². The maximum absolute atomic E-state index is 10.1. The molecule has 0 spiro atoms. The molecule has 0 saturated carbocycles. The van der Waals surface area contributed by atoms with E-state index in [1.807, 2.05) is 0 Å². The van der Waals surface area contributed by atoms with Crippen LogP contribution in [0.5, 0.6) is 0 Å². The number of aliphatic hydroxyl groups is 1. The number of carboxylic acids is 1. The molecule has 0 unspecified atom stereocenters. The summed E-state index contributed by atoms with van der Waals surface area (Å²) in [5.74, 6) is 4.11. The topological polar surface area (TPSA) is 70.4 Å². The minimum absolute atomic E-state index is 0.0597. The predicted octanol–water partition coefficient (Wildman–Crippen LogP) is 0.400. The van der Waals surface area contributed by atoms with E-state index in [4.69, 9.17) is 10.2 Å². The Kier molecular flexibility index (Phi) is 3.65. The summed E-state index contributed by atoms with van der Waals surface area (Å²) in [6.45, 7) is -0.0597. The molecule has 4 heteroatoms. The molecule has 0 amide bonds. The summed E-state index contributed by atoms with van der Waals surface area (Å²) in [6.07, 6.45) is 1.31. The van der Waals surface area contributed by atoms with Gasteiger partial charge < -0.3 is 10.2 Å². The minimum Gasteiger partial charge on any atom is -0.481 e. The monoisotopic (exact) mass is 191 g/mol. The Morgan fingerprint density at radius 3 is 2.79 bits per heavy atom. The molecule has 0 fully saturated rings. The van der Waals surface area contributed by atoms with E-state index in [1.165, 1.54) is 6.20 Å². The molecule has 1 aromatic heterocycles. The van der Waals surface area contributed by atoms with Crippen LogP contribution in [0.2, 0.25) is 0 Å². The van der Waals surface area contributed by atoms with Crippen LogP contribution in [0.4, 0.5) is 0 Å². The van der Waals surface area contributed by atoms with Crippen LogP contribution in [0.1, 0.15) is 17.7 Å². The molecule has 0 saturated heterocycles. The number of aliphatic hydroxyl groups excluding tert-OH is 1. The molecule has 0 atom stereocenters. The van der Waals surface area contributed by atoms with Crippen LogP contribution in [-0.4, -0.2) is 21.2 Å². The summed E-state index contributed by atoms with van der Waals surface area (Å²) in [7, 11) is 0. The van der Waals surface area contributed by atoms with Crippen molar-refractivity contribution in [2.45, 2.75) is 13.0 Å². The van der Waals surface area contributed by atoms with E-state index in [2.05, 4.69) is 16.8 Å². The van der Waals surface area contributed by atoms with Crippen molar-refractivity contribution in [3.63, 3.8) is 0 Å². The molecule has 0 bridgehead atoms. The number of rotatable bonds is 2. The minimum atomic E-state index is -0.954. The van der Waals surface area contributed by atoms with E-state index >= 15 is 0 Å². The van der Waals surface area contributed by atoms with E-state index < -0.39 is 5.97 Å². The maximum Gasteiger partial charge on any atom is 0.315 e. The fourth-order valence-corrected chi connectivity index (χ4v) is 0.802. The third kappa shape index (κ3) is 3.25. The van der Waals surface area contributed by atoms with Crippen molar-refractivity contribution >= 4 is 5.97 Å². The van der Waals surface area contributed by atoms with Gasteiger partial charge in [0.1, 0.15) is 12.1 Å². The van der Waals surface area contributed by atoms with Gasteiger partial charge in [-0.2, -0.15) is 0 Å². The van der Waals surface area contributed by atoms with Gasteiger partial charge in [0.05, 0.1) is 6.61 Å². The second-order valence-corrected chi connectivity index (χ2v) is 2.58. The van der Waals surface area contributed by atoms with Crippen LogP contribution in [0.25, 0.3) is 0 Å². The third-order valence-corrected chi connectivity index (χ3v) is 1.46. The van der Waals surface area contributed by atoms with Crippen molar-refractivity contribution in [2.75, 3.05) is 0 Å². The van der Waals surface area contributed by atoms with Crippen molar-refractivity contribution in [2.24, 2.45) is 0 Å². The van der Waals surface area contributed by atoms with E-state index in [0.29, 0.717) is 11.3 Å². The van der Waals surface area contributed by atoms with Crippen molar-refractivity contribution in [3.05, 3.63) is 29.6 Å². The molecule has 4 nitrogen and oxygen atoms in total. The van der Waals surface area contributed by atoms with E-state index in [0.717, 1.165) is 0 Å². The first kappa shape index (κ1) is 10.2. The Bertz CT molecular complexity index is 373. The highest BCUT2D eigenvalue weighted by Gasteiger charge is 1.92. The molecule has 1 rings (SSSR count). The summed E-state index contributed by atoms with van der Waals surface area (Å²) in [6, 6.07) is 3.33. The molecule has 1 aromatic rings. The highest BCUT2D eigenvalue weighted by Crippen LogP contribution is 1.98. The predicted molar refractivity (Wildman–Crippen MR) is 49.3 cm³/mol. The van der Waals surface area contributed by atoms with Crippen molar-refractivity contribution in [3.8, 4) is 11.8 Å². The quantitative estimate of drug-likeness (QED) is 0.664. The highest BCUT2D eigenvalue weighted by atomic mass is 16.4. The van der Waals surface area contributed by atoms with Gasteiger partial charge in [-0.05, 0) is 17.6 Å². The number of aromatic nitrogens is 1. The Balaban J connectivity index is 2.66. The number of nitrogens with zero attached hydrogens (tertiary/aromatic N) is 1. The standard InChI is InChI=1S/C10H9NO3/c12-7-8-4-5-9(11-6-8)2-1-3-10(13)14/h4-6,12H,3,7H2,(H,13,14). The SMILES string of the molecule is O=C(O)CC#Cc1ccc(CO)cn1. The van der Waals surface area contributed by atoms with Gasteiger partial charge in [-0.25, -0.2) is 4.98 Å². The number of hydrogen-bond acceptors (Lipinski definition) is 3. The van der Waals surface area contributed by atoms with Gasteiger partial charge in [-0.15, -0.1) is 0 Å². The van der Waals surface area contributed by atoms with Gasteiger partial charge in [0.15, 0.2) is 0 Å². The summed E-state index contributed by atoms with van der Waals surface area (Å²) in [5, 5.41) is 17.0. The molecule has 1 heterocycles. The second-order valence-electron chi connectivity index (χ2n) is 2.58. The normalized spacial score (nSPS) is 8.93. The zero-order chi connectivity index (χ0) is 10.4. The van der Waals surface area contributed by atoms with Gasteiger partial charge in [-0.3, -0.25) is 4.79 Å². The molecule has 0 radical (unpaired) electrons. The maximum atomic E-state index is 10.1. The molecular weight excluding hydrogens is 182 g/mol. The van der Waals surface area contributed by atoms with E-state index in [1.54, 1.807) is 12.1 Å². The summed E-state index contributed by atoms with van der Waals surface area (Å²) >= 11 is 0. The number of aliphatic carboxylic acids is 1. The highest BCUT2D eigenvalue weighted by molar-refractivity contribution is 5.70. The molecule has 0 aliphatic heterocycles. The second kappa shape index (κ2) is 5.00. The molecule has 2 N–H and O–H groups in total. The smallest absolute Gasteiger partial charge is 0.315 e. The lowest BCUT2D eigenvalue weighted by Gasteiger charge is -1.93. The van der Waals surface area contributed by atoms with Gasteiger partial charge in [0, 0.05) is 6.20 Å². The fourth-order valence-electron chi connectivity index (χ4n) is 0.802. The number of pyridine rings is 1. The first-order chi connectivity index (χ1) is 6.72. The van der Waals surface area contributed by atoms with Crippen LogP contribution < -0.4 is 0 Å². The summed E-state index contributed by atoms with van der Waals surface area (Å²) in [4.78, 5) is 14.1. The molecule has 0 aliphatic rings. The lowest BCUT2D eigenvalue weighted by atomic mass is 10.2. The lowest BCUT2D eigenvalue weighted by molar-refractivity contribution is -0.135. The van der Waals surface area contributed by atoms with Crippen molar-refractivity contribution < 1.29 is 15.0 Å². The number of carbonyl (C=O) groups is 1. The Labute approximate surface area is 81.2 Å². The molecule has 0 aliphatic carbocycles. The van der Waals surface area contributed by atoms with Crippen LogP contribution in [-0.2, 0) is 11.4 Å². The Hall–Kier alpha value is -1.86. The van der Waals surface area contributed by atoms with Crippen molar-refractivity contribution in [1.82, 2.24) is 4.98 Å². The van der Waals surface area contributed by atoms with Gasteiger partial charge in [0.2, 0.25) is 0 Å². The van der Waals surface area contributed by atoms with Crippen LogP contribution in [0.15, 0.2) is 18.3 Å². The zero-order valence-electron chi connectivity index (χ0n) is 7.40. The van der Waals surface area contributed by atoms with Crippen LogP contribution in [0.3, 0.4) is 0 Å². The molecule has 14 heavy (non-hydrogen) atoms. The average Bonchev–Trinajstić information content (AvgIpc) is 2.18. The number of hydrogen-bond donors (Lipinski definition) is 2. The van der Waals surface area contributed by atoms with Crippen LogP contribution in [0, 0.1) is 11.8 Å². The van der Waals surface area contributed by atoms with E-state index in [-0.39, 0.29) is 13.0 Å². The summed E-state index contributed by atoms with van der Waals surface area (Å²) in [5.41, 5.74) is 1.21.